The number of benzene rings is 2. The lowest BCUT2D eigenvalue weighted by molar-refractivity contribution is -0.115. The maximum atomic E-state index is 12.3. The van der Waals surface area contributed by atoms with Crippen LogP contribution in [0, 0.1) is 0 Å². The van der Waals surface area contributed by atoms with E-state index in [-0.39, 0.29) is 5.91 Å². The van der Waals surface area contributed by atoms with Crippen molar-refractivity contribution >= 4 is 17.3 Å². The van der Waals surface area contributed by atoms with Crippen LogP contribution in [0.15, 0.2) is 42.5 Å². The molecule has 1 aliphatic rings. The molecule has 2 aromatic carbocycles. The number of nitrogens with one attached hydrogen (secondary N) is 1. The standard InChI is InChI=1S/C18H20N2O3/c1-22-15-9-14(10-16(11-15)23-2)19-18(21)12-20-8-7-13-5-3-4-6-17(13)20/h3-6,9-11H,7-8,12H2,1-2H3,(H,19,21). The molecule has 0 saturated carbocycles. The van der Waals surface area contributed by atoms with Crippen LogP contribution in [0.1, 0.15) is 5.56 Å². The van der Waals surface area contributed by atoms with Crippen LogP contribution in [0.2, 0.25) is 0 Å². The molecule has 0 aliphatic carbocycles. The summed E-state index contributed by atoms with van der Waals surface area (Å²) in [6, 6.07) is 13.5. The number of hydrogen-bond donors (Lipinski definition) is 1. The number of hydrogen-bond acceptors (Lipinski definition) is 4. The van der Waals surface area contributed by atoms with Gasteiger partial charge in [0.25, 0.3) is 0 Å². The summed E-state index contributed by atoms with van der Waals surface area (Å²) in [5.41, 5.74) is 3.10. The van der Waals surface area contributed by atoms with Gasteiger partial charge in [0.05, 0.1) is 20.8 Å². The molecule has 3 rings (SSSR count). The van der Waals surface area contributed by atoms with Crippen molar-refractivity contribution in [2.75, 3.05) is 37.5 Å². The summed E-state index contributed by atoms with van der Waals surface area (Å²) >= 11 is 0. The maximum absolute atomic E-state index is 12.3. The molecule has 120 valence electrons. The number of amides is 1. The lowest BCUT2D eigenvalue weighted by Gasteiger charge is -2.19. The zero-order valence-electron chi connectivity index (χ0n) is 13.3. The molecule has 2 aromatic rings. The van der Waals surface area contributed by atoms with Crippen molar-refractivity contribution in [1.82, 2.24) is 0 Å². The van der Waals surface area contributed by atoms with Gasteiger partial charge in [-0.25, -0.2) is 0 Å². The minimum absolute atomic E-state index is 0.0583. The summed E-state index contributed by atoms with van der Waals surface area (Å²) in [5.74, 6) is 1.23. The Balaban J connectivity index is 1.69. The SMILES string of the molecule is COc1cc(NC(=O)CN2CCc3ccccc32)cc(OC)c1. The first-order valence-electron chi connectivity index (χ1n) is 7.55. The monoisotopic (exact) mass is 312 g/mol. The molecule has 0 spiro atoms. The van der Waals surface area contributed by atoms with Gasteiger partial charge in [-0.05, 0) is 18.1 Å². The Morgan fingerprint density at radius 2 is 1.83 bits per heavy atom. The smallest absolute Gasteiger partial charge is 0.243 e. The van der Waals surface area contributed by atoms with E-state index in [1.807, 2.05) is 12.1 Å². The fourth-order valence-electron chi connectivity index (χ4n) is 2.82. The van der Waals surface area contributed by atoms with E-state index in [2.05, 4.69) is 22.3 Å². The van der Waals surface area contributed by atoms with E-state index in [9.17, 15) is 4.79 Å². The molecule has 0 bridgehead atoms. The summed E-state index contributed by atoms with van der Waals surface area (Å²) in [6.45, 7) is 1.20. The summed E-state index contributed by atoms with van der Waals surface area (Å²) in [5, 5.41) is 2.91. The number of para-hydroxylation sites is 1. The number of anilines is 2. The van der Waals surface area contributed by atoms with E-state index in [1.165, 1.54) is 5.56 Å². The predicted molar refractivity (Wildman–Crippen MR) is 90.5 cm³/mol. The molecule has 5 nitrogen and oxygen atoms in total. The fourth-order valence-corrected chi connectivity index (χ4v) is 2.82. The van der Waals surface area contributed by atoms with Gasteiger partial charge < -0.3 is 19.7 Å². The van der Waals surface area contributed by atoms with Gasteiger partial charge in [-0.2, -0.15) is 0 Å². The van der Waals surface area contributed by atoms with Crippen LogP contribution in [0.3, 0.4) is 0 Å². The quantitative estimate of drug-likeness (QED) is 0.922. The normalized spacial score (nSPS) is 12.7. The largest absolute Gasteiger partial charge is 0.497 e. The Kier molecular flexibility index (Phi) is 4.37. The van der Waals surface area contributed by atoms with Crippen molar-refractivity contribution in [3.8, 4) is 11.5 Å². The predicted octanol–water partition coefficient (Wildman–Crippen LogP) is 2.71. The topological polar surface area (TPSA) is 50.8 Å². The molecule has 0 fully saturated rings. The second-order valence-electron chi connectivity index (χ2n) is 5.45. The van der Waals surface area contributed by atoms with Crippen LogP contribution >= 0.6 is 0 Å². The third kappa shape index (κ3) is 3.39. The highest BCUT2D eigenvalue weighted by Gasteiger charge is 2.20. The van der Waals surface area contributed by atoms with E-state index in [0.29, 0.717) is 23.7 Å². The number of carbonyl (C=O) groups is 1. The number of rotatable bonds is 5. The van der Waals surface area contributed by atoms with Gasteiger partial charge in [0.15, 0.2) is 0 Å². The minimum Gasteiger partial charge on any atom is -0.497 e. The van der Waals surface area contributed by atoms with Crippen LogP contribution in [-0.4, -0.2) is 33.2 Å². The van der Waals surface area contributed by atoms with E-state index in [0.717, 1.165) is 18.7 Å². The number of fused-ring (bicyclic) bond motifs is 1. The first-order chi connectivity index (χ1) is 11.2. The van der Waals surface area contributed by atoms with Crippen LogP contribution in [0.25, 0.3) is 0 Å². The van der Waals surface area contributed by atoms with Crippen molar-refractivity contribution in [3.05, 3.63) is 48.0 Å². The lowest BCUT2D eigenvalue weighted by atomic mass is 10.2. The highest BCUT2D eigenvalue weighted by molar-refractivity contribution is 5.94. The van der Waals surface area contributed by atoms with Gasteiger partial charge in [0.1, 0.15) is 11.5 Å². The third-order valence-electron chi connectivity index (χ3n) is 3.95. The number of carbonyl (C=O) groups excluding carboxylic acids is 1. The van der Waals surface area contributed by atoms with Crippen molar-refractivity contribution in [2.24, 2.45) is 0 Å². The van der Waals surface area contributed by atoms with Crippen molar-refractivity contribution in [3.63, 3.8) is 0 Å². The van der Waals surface area contributed by atoms with E-state index in [1.54, 1.807) is 32.4 Å². The molecule has 0 aromatic heterocycles. The molecule has 5 heteroatoms. The van der Waals surface area contributed by atoms with E-state index in [4.69, 9.17) is 9.47 Å². The van der Waals surface area contributed by atoms with Gasteiger partial charge in [-0.15, -0.1) is 0 Å². The van der Waals surface area contributed by atoms with Gasteiger partial charge in [0, 0.05) is 36.1 Å². The number of ether oxygens (including phenoxy) is 2. The first kappa shape index (κ1) is 15.2. The van der Waals surface area contributed by atoms with Gasteiger partial charge in [-0.3, -0.25) is 4.79 Å². The Bertz CT molecular complexity index is 693. The van der Waals surface area contributed by atoms with Gasteiger partial charge >= 0.3 is 0 Å². The number of nitrogens with zero attached hydrogens (tertiary/aromatic N) is 1. The summed E-state index contributed by atoms with van der Waals surface area (Å²) in [6.07, 6.45) is 0.983. The van der Waals surface area contributed by atoms with Gasteiger partial charge in [-0.1, -0.05) is 18.2 Å². The third-order valence-corrected chi connectivity index (χ3v) is 3.95. The highest BCUT2D eigenvalue weighted by Crippen LogP contribution is 2.28. The van der Waals surface area contributed by atoms with Crippen molar-refractivity contribution in [1.29, 1.82) is 0 Å². The maximum Gasteiger partial charge on any atom is 0.243 e. The summed E-state index contributed by atoms with van der Waals surface area (Å²) < 4.78 is 10.4. The molecule has 1 amide bonds. The molecule has 1 N–H and O–H groups in total. The molecular weight excluding hydrogens is 292 g/mol. The summed E-state index contributed by atoms with van der Waals surface area (Å²) in [7, 11) is 3.17. The second kappa shape index (κ2) is 6.60. The van der Waals surface area contributed by atoms with Gasteiger partial charge in [0.2, 0.25) is 5.91 Å². The Morgan fingerprint density at radius 1 is 1.13 bits per heavy atom. The van der Waals surface area contributed by atoms with Crippen LogP contribution < -0.4 is 19.7 Å². The molecule has 1 heterocycles. The fraction of sp³-hybridized carbons (Fsp3) is 0.278. The molecular formula is C18H20N2O3. The van der Waals surface area contributed by atoms with Crippen LogP contribution in [0.4, 0.5) is 11.4 Å². The Morgan fingerprint density at radius 3 is 2.52 bits per heavy atom. The van der Waals surface area contributed by atoms with Crippen molar-refractivity contribution < 1.29 is 14.3 Å². The zero-order valence-corrected chi connectivity index (χ0v) is 13.3. The average molecular weight is 312 g/mol. The molecule has 0 unspecified atom stereocenters. The Labute approximate surface area is 135 Å². The van der Waals surface area contributed by atoms with E-state index < -0.39 is 0 Å². The van der Waals surface area contributed by atoms with Crippen molar-refractivity contribution in [2.45, 2.75) is 6.42 Å². The number of methoxy groups -OCH3 is 2. The van der Waals surface area contributed by atoms with Crippen LogP contribution in [-0.2, 0) is 11.2 Å². The Hall–Kier alpha value is -2.69. The molecule has 1 aliphatic heterocycles. The lowest BCUT2D eigenvalue weighted by Crippen LogP contribution is -2.31. The molecule has 23 heavy (non-hydrogen) atoms. The molecule has 0 atom stereocenters. The molecule has 0 saturated heterocycles. The molecule has 0 radical (unpaired) electrons. The first-order valence-corrected chi connectivity index (χ1v) is 7.55. The summed E-state index contributed by atoms with van der Waals surface area (Å²) in [4.78, 5) is 14.4. The van der Waals surface area contributed by atoms with Crippen LogP contribution in [0.5, 0.6) is 11.5 Å². The zero-order chi connectivity index (χ0) is 16.2. The van der Waals surface area contributed by atoms with E-state index >= 15 is 0 Å². The minimum atomic E-state index is -0.0583. The second-order valence-corrected chi connectivity index (χ2v) is 5.45. The average Bonchev–Trinajstić information content (AvgIpc) is 2.97. The highest BCUT2D eigenvalue weighted by atomic mass is 16.5.